The zero-order chi connectivity index (χ0) is 14.5. The van der Waals surface area contributed by atoms with Gasteiger partial charge in [-0.2, -0.15) is 0 Å². The van der Waals surface area contributed by atoms with Crippen LogP contribution in [-0.4, -0.2) is 22.0 Å². The molecule has 0 atom stereocenters. The summed E-state index contributed by atoms with van der Waals surface area (Å²) in [5.74, 6) is -1.33. The molecule has 1 aromatic carbocycles. The molecule has 2 N–H and O–H groups in total. The summed E-state index contributed by atoms with van der Waals surface area (Å²) in [5.41, 5.74) is 1.92. The van der Waals surface area contributed by atoms with Crippen molar-refractivity contribution in [2.45, 2.75) is 13.3 Å². The highest BCUT2D eigenvalue weighted by Crippen LogP contribution is 2.20. The quantitative estimate of drug-likeness (QED) is 0.893. The molecule has 0 aliphatic heterocycles. The van der Waals surface area contributed by atoms with Crippen molar-refractivity contribution < 1.29 is 14.7 Å². The van der Waals surface area contributed by atoms with E-state index in [0.29, 0.717) is 11.3 Å². The third-order valence-electron chi connectivity index (χ3n) is 2.86. The lowest BCUT2D eigenvalue weighted by atomic mass is 10.1. The number of carbonyl (C=O) groups excluding carboxylic acids is 1. The van der Waals surface area contributed by atoms with E-state index in [2.05, 4.69) is 10.3 Å². The van der Waals surface area contributed by atoms with Gasteiger partial charge in [0.15, 0.2) is 0 Å². The maximum absolute atomic E-state index is 12.0. The first kappa shape index (κ1) is 13.7. The molecular formula is C15H14N2O3. The standard InChI is InChI=1S/C15H14N2O3/c1-10-4-2-6-12(15(19)20)14(10)17-13(18)8-11-5-3-7-16-9-11/h2-7,9H,8H2,1H3,(H,17,18)(H,19,20). The Labute approximate surface area is 116 Å². The van der Waals surface area contributed by atoms with Crippen LogP contribution in [0, 0.1) is 6.92 Å². The summed E-state index contributed by atoms with van der Waals surface area (Å²) >= 11 is 0. The molecule has 2 aromatic rings. The Morgan fingerprint density at radius 1 is 1.25 bits per heavy atom. The zero-order valence-corrected chi connectivity index (χ0v) is 11.0. The molecule has 5 nitrogen and oxygen atoms in total. The molecule has 2 rings (SSSR count). The van der Waals surface area contributed by atoms with Gasteiger partial charge in [-0.3, -0.25) is 9.78 Å². The summed E-state index contributed by atoms with van der Waals surface area (Å²) in [7, 11) is 0. The fourth-order valence-corrected chi connectivity index (χ4v) is 1.88. The van der Waals surface area contributed by atoms with Crippen LogP contribution in [-0.2, 0) is 11.2 Å². The molecule has 20 heavy (non-hydrogen) atoms. The Balaban J connectivity index is 2.18. The van der Waals surface area contributed by atoms with Gasteiger partial charge in [-0.05, 0) is 30.2 Å². The number of aromatic carboxylic acids is 1. The number of aryl methyl sites for hydroxylation is 1. The maximum Gasteiger partial charge on any atom is 0.337 e. The van der Waals surface area contributed by atoms with Gasteiger partial charge < -0.3 is 10.4 Å². The van der Waals surface area contributed by atoms with E-state index in [0.717, 1.165) is 5.56 Å². The highest BCUT2D eigenvalue weighted by Gasteiger charge is 2.14. The smallest absolute Gasteiger partial charge is 0.337 e. The van der Waals surface area contributed by atoms with Gasteiger partial charge in [-0.15, -0.1) is 0 Å². The number of carboxylic acids is 1. The van der Waals surface area contributed by atoms with Crippen molar-refractivity contribution in [2.24, 2.45) is 0 Å². The number of hydrogen-bond donors (Lipinski definition) is 2. The van der Waals surface area contributed by atoms with Crippen molar-refractivity contribution in [1.82, 2.24) is 4.98 Å². The molecule has 1 amide bonds. The van der Waals surface area contributed by atoms with Gasteiger partial charge in [0.2, 0.25) is 5.91 Å². The van der Waals surface area contributed by atoms with Gasteiger partial charge >= 0.3 is 5.97 Å². The molecule has 0 radical (unpaired) electrons. The van der Waals surface area contributed by atoms with Crippen molar-refractivity contribution >= 4 is 17.6 Å². The van der Waals surface area contributed by atoms with Crippen molar-refractivity contribution in [3.8, 4) is 0 Å². The van der Waals surface area contributed by atoms with Gasteiger partial charge in [0, 0.05) is 12.4 Å². The van der Waals surface area contributed by atoms with Gasteiger partial charge in [0.05, 0.1) is 17.7 Å². The Bertz CT molecular complexity index is 639. The van der Waals surface area contributed by atoms with Crippen LogP contribution in [0.25, 0.3) is 0 Å². The SMILES string of the molecule is Cc1cccc(C(=O)O)c1NC(=O)Cc1cccnc1. The summed E-state index contributed by atoms with van der Waals surface area (Å²) in [6, 6.07) is 8.41. The predicted octanol–water partition coefficient (Wildman–Crippen LogP) is 2.27. The number of hydrogen-bond acceptors (Lipinski definition) is 3. The number of pyridine rings is 1. The van der Waals surface area contributed by atoms with E-state index in [1.165, 1.54) is 6.07 Å². The first-order valence-electron chi connectivity index (χ1n) is 6.09. The molecular weight excluding hydrogens is 256 g/mol. The fraction of sp³-hybridized carbons (Fsp3) is 0.133. The number of nitrogens with one attached hydrogen (secondary N) is 1. The van der Waals surface area contributed by atoms with Gasteiger partial charge in [0.25, 0.3) is 0 Å². The topological polar surface area (TPSA) is 79.3 Å². The largest absolute Gasteiger partial charge is 0.478 e. The van der Waals surface area contributed by atoms with Gasteiger partial charge in [0.1, 0.15) is 0 Å². The van der Waals surface area contributed by atoms with Crippen molar-refractivity contribution in [2.75, 3.05) is 5.32 Å². The number of benzene rings is 1. The number of nitrogens with zero attached hydrogens (tertiary/aromatic N) is 1. The summed E-state index contributed by atoms with van der Waals surface area (Å²) in [6.45, 7) is 1.76. The molecule has 1 aromatic heterocycles. The van der Waals surface area contributed by atoms with Gasteiger partial charge in [-0.25, -0.2) is 4.79 Å². The number of rotatable bonds is 4. The van der Waals surface area contributed by atoms with Crippen molar-refractivity contribution in [3.63, 3.8) is 0 Å². The molecule has 0 bridgehead atoms. The average Bonchev–Trinajstić information content (AvgIpc) is 2.42. The van der Waals surface area contributed by atoms with Crippen LogP contribution in [0.15, 0.2) is 42.7 Å². The number of amides is 1. The van der Waals surface area contributed by atoms with E-state index >= 15 is 0 Å². The predicted molar refractivity (Wildman–Crippen MR) is 74.7 cm³/mol. The summed E-state index contributed by atoms with van der Waals surface area (Å²) in [5, 5.41) is 11.8. The van der Waals surface area contributed by atoms with Gasteiger partial charge in [-0.1, -0.05) is 18.2 Å². The number of carbonyl (C=O) groups is 2. The molecule has 0 unspecified atom stereocenters. The summed E-state index contributed by atoms with van der Waals surface area (Å²) < 4.78 is 0. The van der Waals surface area contributed by atoms with Crippen LogP contribution in [0.2, 0.25) is 0 Å². The van der Waals surface area contributed by atoms with Crippen LogP contribution >= 0.6 is 0 Å². The molecule has 0 fully saturated rings. The van der Waals surface area contributed by atoms with Crippen molar-refractivity contribution in [3.05, 3.63) is 59.4 Å². The Morgan fingerprint density at radius 2 is 2.05 bits per heavy atom. The monoisotopic (exact) mass is 270 g/mol. The maximum atomic E-state index is 12.0. The highest BCUT2D eigenvalue weighted by molar-refractivity contribution is 6.01. The second-order valence-corrected chi connectivity index (χ2v) is 4.39. The zero-order valence-electron chi connectivity index (χ0n) is 11.0. The van der Waals surface area contributed by atoms with E-state index in [4.69, 9.17) is 5.11 Å². The minimum absolute atomic E-state index is 0.0875. The molecule has 0 aliphatic rings. The number of anilines is 1. The molecule has 1 heterocycles. The number of aromatic nitrogens is 1. The van der Waals surface area contributed by atoms with E-state index in [1.54, 1.807) is 43.6 Å². The fourth-order valence-electron chi connectivity index (χ4n) is 1.88. The van der Waals surface area contributed by atoms with Crippen LogP contribution < -0.4 is 5.32 Å². The van der Waals surface area contributed by atoms with Crippen LogP contribution in [0.1, 0.15) is 21.5 Å². The van der Waals surface area contributed by atoms with Crippen molar-refractivity contribution in [1.29, 1.82) is 0 Å². The van der Waals surface area contributed by atoms with E-state index in [1.807, 2.05) is 0 Å². The van der Waals surface area contributed by atoms with Crippen LogP contribution in [0.4, 0.5) is 5.69 Å². The molecule has 102 valence electrons. The second kappa shape index (κ2) is 5.97. The highest BCUT2D eigenvalue weighted by atomic mass is 16.4. The minimum Gasteiger partial charge on any atom is -0.478 e. The third-order valence-corrected chi connectivity index (χ3v) is 2.86. The molecule has 0 spiro atoms. The van der Waals surface area contributed by atoms with Crippen LogP contribution in [0.3, 0.4) is 0 Å². The molecule has 5 heteroatoms. The second-order valence-electron chi connectivity index (χ2n) is 4.39. The Kier molecular flexibility index (Phi) is 4.10. The van der Waals surface area contributed by atoms with E-state index in [9.17, 15) is 9.59 Å². The molecule has 0 saturated carbocycles. The first-order chi connectivity index (χ1) is 9.58. The summed E-state index contributed by atoms with van der Waals surface area (Å²) in [6.07, 6.45) is 3.39. The third kappa shape index (κ3) is 3.20. The number of carboxylic acid groups (broad SMARTS) is 1. The lowest BCUT2D eigenvalue weighted by molar-refractivity contribution is -0.115. The normalized spacial score (nSPS) is 10.1. The molecule has 0 aliphatic carbocycles. The average molecular weight is 270 g/mol. The van der Waals surface area contributed by atoms with E-state index < -0.39 is 5.97 Å². The Hall–Kier alpha value is -2.69. The number of para-hydroxylation sites is 1. The lowest BCUT2D eigenvalue weighted by Crippen LogP contribution is -2.17. The first-order valence-corrected chi connectivity index (χ1v) is 6.09. The minimum atomic E-state index is -1.06. The molecule has 0 saturated heterocycles. The Morgan fingerprint density at radius 3 is 2.70 bits per heavy atom. The lowest BCUT2D eigenvalue weighted by Gasteiger charge is -2.11. The summed E-state index contributed by atoms with van der Waals surface area (Å²) in [4.78, 5) is 27.1. The van der Waals surface area contributed by atoms with Crippen LogP contribution in [0.5, 0.6) is 0 Å². The van der Waals surface area contributed by atoms with E-state index in [-0.39, 0.29) is 17.9 Å².